The highest BCUT2D eigenvalue weighted by Gasteiger charge is 2.17. The number of benzene rings is 1. The van der Waals surface area contributed by atoms with E-state index in [9.17, 15) is 0 Å². The molecule has 0 bridgehead atoms. The summed E-state index contributed by atoms with van der Waals surface area (Å²) in [6.45, 7) is 7.47. The van der Waals surface area contributed by atoms with E-state index in [0.29, 0.717) is 0 Å². The highest BCUT2D eigenvalue weighted by Crippen LogP contribution is 2.18. The second-order valence-electron chi connectivity index (χ2n) is 5.55. The van der Waals surface area contributed by atoms with Crippen LogP contribution in [0.2, 0.25) is 0 Å². The molecule has 0 spiro atoms. The Bertz CT molecular complexity index is 589. The standard InChI is InChI=1S/C17H20BrN3/c1-14-12-17(6-7-19-14)21-10-8-20(9-11-21)13-15-2-4-16(18)5-3-15/h2-7,12H,8-11,13H2,1H3. The van der Waals surface area contributed by atoms with Gasteiger partial charge >= 0.3 is 0 Å². The van der Waals surface area contributed by atoms with E-state index in [4.69, 9.17) is 0 Å². The molecule has 2 aromatic rings. The Hall–Kier alpha value is -1.39. The number of hydrogen-bond acceptors (Lipinski definition) is 3. The van der Waals surface area contributed by atoms with Crippen molar-refractivity contribution in [2.24, 2.45) is 0 Å². The van der Waals surface area contributed by atoms with Crippen molar-refractivity contribution in [1.82, 2.24) is 9.88 Å². The van der Waals surface area contributed by atoms with Gasteiger partial charge in [-0.15, -0.1) is 0 Å². The summed E-state index contributed by atoms with van der Waals surface area (Å²) in [5.74, 6) is 0. The Labute approximate surface area is 134 Å². The lowest BCUT2D eigenvalue weighted by atomic mass is 10.2. The number of nitrogens with zero attached hydrogens (tertiary/aromatic N) is 3. The molecule has 0 radical (unpaired) electrons. The summed E-state index contributed by atoms with van der Waals surface area (Å²) in [7, 11) is 0. The largest absolute Gasteiger partial charge is 0.369 e. The number of rotatable bonds is 3. The van der Waals surface area contributed by atoms with E-state index < -0.39 is 0 Å². The quantitative estimate of drug-likeness (QED) is 0.848. The fourth-order valence-corrected chi connectivity index (χ4v) is 3.00. The van der Waals surface area contributed by atoms with Crippen molar-refractivity contribution in [2.45, 2.75) is 13.5 Å². The van der Waals surface area contributed by atoms with Crippen LogP contribution in [-0.2, 0) is 6.54 Å². The first-order valence-corrected chi connectivity index (χ1v) is 8.14. The first kappa shape index (κ1) is 14.5. The summed E-state index contributed by atoms with van der Waals surface area (Å²) < 4.78 is 1.14. The van der Waals surface area contributed by atoms with Crippen molar-refractivity contribution in [3.63, 3.8) is 0 Å². The van der Waals surface area contributed by atoms with Crippen molar-refractivity contribution < 1.29 is 0 Å². The maximum absolute atomic E-state index is 4.27. The van der Waals surface area contributed by atoms with Gasteiger partial charge in [-0.1, -0.05) is 28.1 Å². The molecule has 0 unspecified atom stereocenters. The third kappa shape index (κ3) is 3.83. The van der Waals surface area contributed by atoms with E-state index in [1.54, 1.807) is 0 Å². The van der Waals surface area contributed by atoms with Gasteiger partial charge in [0.2, 0.25) is 0 Å². The van der Waals surface area contributed by atoms with Gasteiger partial charge in [-0.25, -0.2) is 0 Å². The summed E-state index contributed by atoms with van der Waals surface area (Å²) >= 11 is 3.48. The van der Waals surface area contributed by atoms with E-state index in [-0.39, 0.29) is 0 Å². The number of pyridine rings is 1. The van der Waals surface area contributed by atoms with E-state index in [0.717, 1.165) is 42.9 Å². The molecular weight excluding hydrogens is 326 g/mol. The van der Waals surface area contributed by atoms with Gasteiger partial charge in [0.05, 0.1) is 0 Å². The van der Waals surface area contributed by atoms with E-state index in [1.165, 1.54) is 11.3 Å². The van der Waals surface area contributed by atoms with Crippen molar-refractivity contribution in [3.8, 4) is 0 Å². The number of piperazine rings is 1. The summed E-state index contributed by atoms with van der Waals surface area (Å²) in [5.41, 5.74) is 3.77. The maximum atomic E-state index is 4.27. The molecule has 1 aromatic carbocycles. The number of hydrogen-bond donors (Lipinski definition) is 0. The molecule has 0 saturated carbocycles. The van der Waals surface area contributed by atoms with Gasteiger partial charge in [0.1, 0.15) is 0 Å². The lowest BCUT2D eigenvalue weighted by molar-refractivity contribution is 0.250. The first-order valence-electron chi connectivity index (χ1n) is 7.35. The maximum Gasteiger partial charge on any atom is 0.0400 e. The van der Waals surface area contributed by atoms with Crippen LogP contribution in [0.1, 0.15) is 11.3 Å². The van der Waals surface area contributed by atoms with Crippen LogP contribution in [0.4, 0.5) is 5.69 Å². The number of anilines is 1. The Morgan fingerprint density at radius 1 is 1.05 bits per heavy atom. The summed E-state index contributed by atoms with van der Waals surface area (Å²) in [5, 5.41) is 0. The number of aryl methyl sites for hydroxylation is 1. The molecule has 110 valence electrons. The van der Waals surface area contributed by atoms with Gasteiger partial charge in [-0.3, -0.25) is 9.88 Å². The van der Waals surface area contributed by atoms with Crippen LogP contribution in [-0.4, -0.2) is 36.1 Å². The molecule has 1 aromatic heterocycles. The molecule has 3 rings (SSSR count). The molecule has 1 fully saturated rings. The zero-order chi connectivity index (χ0) is 14.7. The Morgan fingerprint density at radius 3 is 2.43 bits per heavy atom. The average Bonchev–Trinajstić information content (AvgIpc) is 2.50. The van der Waals surface area contributed by atoms with Gasteiger partial charge in [-0.05, 0) is 36.8 Å². The van der Waals surface area contributed by atoms with Crippen molar-refractivity contribution in [3.05, 3.63) is 58.3 Å². The normalized spacial score (nSPS) is 16.2. The van der Waals surface area contributed by atoms with E-state index in [2.05, 4.69) is 67.1 Å². The minimum absolute atomic E-state index is 1.04. The highest BCUT2D eigenvalue weighted by atomic mass is 79.9. The second-order valence-corrected chi connectivity index (χ2v) is 6.46. The monoisotopic (exact) mass is 345 g/mol. The number of aromatic nitrogens is 1. The second kappa shape index (κ2) is 6.58. The zero-order valence-electron chi connectivity index (χ0n) is 12.3. The predicted molar refractivity (Wildman–Crippen MR) is 90.6 cm³/mol. The van der Waals surface area contributed by atoms with Crippen molar-refractivity contribution in [1.29, 1.82) is 0 Å². The molecule has 21 heavy (non-hydrogen) atoms. The van der Waals surface area contributed by atoms with Crippen LogP contribution in [0.3, 0.4) is 0 Å². The van der Waals surface area contributed by atoms with Gasteiger partial charge in [0.25, 0.3) is 0 Å². The van der Waals surface area contributed by atoms with E-state index in [1.807, 2.05) is 13.1 Å². The molecule has 0 N–H and O–H groups in total. The molecular formula is C17H20BrN3. The van der Waals surface area contributed by atoms with Gasteiger partial charge in [-0.2, -0.15) is 0 Å². The van der Waals surface area contributed by atoms with Gasteiger partial charge < -0.3 is 4.90 Å². The SMILES string of the molecule is Cc1cc(N2CCN(Cc3ccc(Br)cc3)CC2)ccn1. The molecule has 0 aliphatic carbocycles. The lowest BCUT2D eigenvalue weighted by Crippen LogP contribution is -2.46. The van der Waals surface area contributed by atoms with Gasteiger partial charge in [0.15, 0.2) is 0 Å². The minimum atomic E-state index is 1.04. The third-order valence-corrected chi connectivity index (χ3v) is 4.47. The topological polar surface area (TPSA) is 19.4 Å². The Kier molecular flexibility index (Phi) is 4.56. The fraction of sp³-hybridized carbons (Fsp3) is 0.353. The van der Waals surface area contributed by atoms with Crippen molar-refractivity contribution >= 4 is 21.6 Å². The average molecular weight is 346 g/mol. The summed E-state index contributed by atoms with van der Waals surface area (Å²) in [6, 6.07) is 12.9. The Balaban J connectivity index is 1.56. The predicted octanol–water partition coefficient (Wildman–Crippen LogP) is 3.47. The first-order chi connectivity index (χ1) is 10.2. The van der Waals surface area contributed by atoms with E-state index >= 15 is 0 Å². The van der Waals surface area contributed by atoms with Crippen LogP contribution in [0.15, 0.2) is 47.1 Å². The summed E-state index contributed by atoms with van der Waals surface area (Å²) in [4.78, 5) is 9.24. The van der Waals surface area contributed by atoms with Crippen LogP contribution < -0.4 is 4.90 Å². The minimum Gasteiger partial charge on any atom is -0.369 e. The lowest BCUT2D eigenvalue weighted by Gasteiger charge is -2.36. The van der Waals surface area contributed by atoms with Crippen LogP contribution in [0.25, 0.3) is 0 Å². The third-order valence-electron chi connectivity index (χ3n) is 3.94. The molecule has 1 saturated heterocycles. The molecule has 4 heteroatoms. The molecule has 1 aliphatic heterocycles. The molecule has 2 heterocycles. The van der Waals surface area contributed by atoms with Gasteiger partial charge in [0, 0.05) is 54.8 Å². The number of halogens is 1. The van der Waals surface area contributed by atoms with Crippen LogP contribution >= 0.6 is 15.9 Å². The molecule has 3 nitrogen and oxygen atoms in total. The molecule has 1 aliphatic rings. The molecule has 0 amide bonds. The smallest absolute Gasteiger partial charge is 0.0400 e. The summed E-state index contributed by atoms with van der Waals surface area (Å²) in [6.07, 6.45) is 1.90. The zero-order valence-corrected chi connectivity index (χ0v) is 13.9. The fourth-order valence-electron chi connectivity index (χ4n) is 2.74. The highest BCUT2D eigenvalue weighted by molar-refractivity contribution is 9.10. The van der Waals surface area contributed by atoms with Crippen molar-refractivity contribution in [2.75, 3.05) is 31.1 Å². The molecule has 0 atom stereocenters. The van der Waals surface area contributed by atoms with Crippen LogP contribution in [0, 0.1) is 6.92 Å². The van der Waals surface area contributed by atoms with Crippen LogP contribution in [0.5, 0.6) is 0 Å². The Morgan fingerprint density at radius 2 is 1.76 bits per heavy atom.